The third kappa shape index (κ3) is 13.1. The Hall–Kier alpha value is -0.870. The van der Waals surface area contributed by atoms with E-state index in [0.717, 1.165) is 18.4 Å². The summed E-state index contributed by atoms with van der Waals surface area (Å²) in [6, 6.07) is 6.98. The van der Waals surface area contributed by atoms with Gasteiger partial charge in [-0.3, -0.25) is 4.18 Å². The van der Waals surface area contributed by atoms with Crippen LogP contribution < -0.4 is 0 Å². The van der Waals surface area contributed by atoms with Gasteiger partial charge in [-0.2, -0.15) is 8.42 Å². The van der Waals surface area contributed by atoms with Crippen LogP contribution in [0.15, 0.2) is 29.2 Å². The predicted molar refractivity (Wildman–Crippen MR) is 124 cm³/mol. The molecule has 0 bridgehead atoms. The van der Waals surface area contributed by atoms with Crippen molar-refractivity contribution in [1.29, 1.82) is 0 Å². The first-order valence-corrected chi connectivity index (χ1v) is 13.4. The van der Waals surface area contributed by atoms with E-state index in [1.807, 2.05) is 6.07 Å². The van der Waals surface area contributed by atoms with Gasteiger partial charge in [0.25, 0.3) is 10.1 Å². The number of benzene rings is 1. The summed E-state index contributed by atoms with van der Waals surface area (Å²) >= 11 is 0. The number of rotatable bonds is 19. The Labute approximate surface area is 180 Å². The summed E-state index contributed by atoms with van der Waals surface area (Å²) in [7, 11) is -3.61. The van der Waals surface area contributed by atoms with E-state index in [9.17, 15) is 8.42 Å². The molecule has 0 atom stereocenters. The second-order valence-corrected chi connectivity index (χ2v) is 9.93. The number of hydrogen-bond acceptors (Lipinski definition) is 3. The molecule has 29 heavy (non-hydrogen) atoms. The van der Waals surface area contributed by atoms with E-state index in [-0.39, 0.29) is 11.5 Å². The Bertz CT molecular complexity index is 610. The molecule has 0 saturated heterocycles. The van der Waals surface area contributed by atoms with Crippen LogP contribution in [0.3, 0.4) is 0 Å². The van der Waals surface area contributed by atoms with Crippen LogP contribution >= 0.6 is 0 Å². The van der Waals surface area contributed by atoms with Crippen molar-refractivity contribution >= 4 is 10.1 Å². The Morgan fingerprint density at radius 3 is 1.52 bits per heavy atom. The highest BCUT2D eigenvalue weighted by Crippen LogP contribution is 2.18. The Balaban J connectivity index is 1.87. The number of unbranched alkanes of at least 4 members (excludes halogenated alkanes) is 15. The lowest BCUT2D eigenvalue weighted by molar-refractivity contribution is 0.306. The monoisotopic (exact) mass is 424 g/mol. The fraction of sp³-hybridized carbons (Fsp3) is 0.760. The van der Waals surface area contributed by atoms with Crippen LogP contribution in [0.1, 0.15) is 115 Å². The van der Waals surface area contributed by atoms with Gasteiger partial charge in [-0.15, -0.1) is 0 Å². The Morgan fingerprint density at radius 2 is 1.07 bits per heavy atom. The van der Waals surface area contributed by atoms with Crippen LogP contribution in [0.4, 0.5) is 0 Å². The zero-order valence-corrected chi connectivity index (χ0v) is 19.8. The minimum Gasteiger partial charge on any atom is -0.266 e. The van der Waals surface area contributed by atoms with Crippen molar-refractivity contribution in [3.05, 3.63) is 29.8 Å². The number of aryl methyl sites for hydroxylation is 1. The lowest BCUT2D eigenvalue weighted by atomic mass is 10.0. The molecule has 0 spiro atoms. The maximum Gasteiger partial charge on any atom is 0.297 e. The summed E-state index contributed by atoms with van der Waals surface area (Å²) in [6.45, 7) is 4.36. The van der Waals surface area contributed by atoms with Gasteiger partial charge in [0.05, 0.1) is 11.5 Å². The first-order valence-electron chi connectivity index (χ1n) is 12.0. The van der Waals surface area contributed by atoms with Crippen molar-refractivity contribution in [2.24, 2.45) is 0 Å². The molecule has 4 heteroatoms. The SMILES string of the molecule is CCCCCCCCCCCCCCCCCCOS(=O)(=O)c1ccccc1C. The summed E-state index contributed by atoms with van der Waals surface area (Å²) in [4.78, 5) is 0.288. The molecule has 0 heterocycles. The minimum atomic E-state index is -3.61. The van der Waals surface area contributed by atoms with Crippen molar-refractivity contribution in [3.8, 4) is 0 Å². The Kier molecular flexibility index (Phi) is 15.2. The molecule has 0 amide bonds. The summed E-state index contributed by atoms with van der Waals surface area (Å²) in [5, 5.41) is 0. The zero-order valence-electron chi connectivity index (χ0n) is 19.0. The topological polar surface area (TPSA) is 43.4 Å². The normalized spacial score (nSPS) is 11.8. The molecule has 0 aliphatic rings. The van der Waals surface area contributed by atoms with E-state index in [1.54, 1.807) is 25.1 Å². The van der Waals surface area contributed by atoms with E-state index in [2.05, 4.69) is 6.92 Å². The summed E-state index contributed by atoms with van der Waals surface area (Å²) in [6.07, 6.45) is 20.9. The van der Waals surface area contributed by atoms with Crippen LogP contribution in [0.5, 0.6) is 0 Å². The van der Waals surface area contributed by atoms with E-state index in [1.165, 1.54) is 89.9 Å². The van der Waals surface area contributed by atoms with Crippen molar-refractivity contribution in [3.63, 3.8) is 0 Å². The van der Waals surface area contributed by atoms with E-state index in [0.29, 0.717) is 0 Å². The van der Waals surface area contributed by atoms with Crippen LogP contribution in [-0.2, 0) is 14.3 Å². The molecule has 1 aromatic carbocycles. The maximum atomic E-state index is 12.2. The molecule has 0 N–H and O–H groups in total. The predicted octanol–water partition coefficient (Wildman–Crippen LogP) is 7.96. The quantitative estimate of drug-likeness (QED) is 0.167. The first-order chi connectivity index (χ1) is 14.1. The van der Waals surface area contributed by atoms with Crippen LogP contribution in [0, 0.1) is 6.92 Å². The highest BCUT2D eigenvalue weighted by molar-refractivity contribution is 7.86. The number of hydrogen-bond donors (Lipinski definition) is 0. The van der Waals surface area contributed by atoms with Gasteiger partial charge in [-0.05, 0) is 25.0 Å². The highest BCUT2D eigenvalue weighted by Gasteiger charge is 2.16. The summed E-state index contributed by atoms with van der Waals surface area (Å²) in [5.74, 6) is 0. The molecular weight excluding hydrogens is 380 g/mol. The van der Waals surface area contributed by atoms with Gasteiger partial charge in [-0.1, -0.05) is 121 Å². The maximum absolute atomic E-state index is 12.2. The van der Waals surface area contributed by atoms with Gasteiger partial charge in [0.2, 0.25) is 0 Å². The van der Waals surface area contributed by atoms with Crippen LogP contribution in [0.25, 0.3) is 0 Å². The molecule has 0 aliphatic heterocycles. The van der Waals surface area contributed by atoms with Crippen LogP contribution in [0.2, 0.25) is 0 Å². The van der Waals surface area contributed by atoms with E-state index >= 15 is 0 Å². The smallest absolute Gasteiger partial charge is 0.266 e. The molecule has 0 radical (unpaired) electrons. The molecule has 0 aliphatic carbocycles. The molecular formula is C25H44O3S. The van der Waals surface area contributed by atoms with Crippen LogP contribution in [-0.4, -0.2) is 15.0 Å². The first kappa shape index (κ1) is 26.2. The van der Waals surface area contributed by atoms with Crippen molar-refractivity contribution in [2.75, 3.05) is 6.61 Å². The second-order valence-electron chi connectivity index (χ2n) is 8.34. The van der Waals surface area contributed by atoms with Crippen molar-refractivity contribution in [2.45, 2.75) is 121 Å². The molecule has 1 aromatic rings. The average Bonchev–Trinajstić information content (AvgIpc) is 2.70. The summed E-state index contributed by atoms with van der Waals surface area (Å²) < 4.78 is 29.6. The van der Waals surface area contributed by atoms with Gasteiger partial charge in [0, 0.05) is 0 Å². The summed E-state index contributed by atoms with van der Waals surface area (Å²) in [5.41, 5.74) is 0.736. The van der Waals surface area contributed by atoms with Crippen molar-refractivity contribution < 1.29 is 12.6 Å². The zero-order chi connectivity index (χ0) is 21.2. The largest absolute Gasteiger partial charge is 0.297 e. The van der Waals surface area contributed by atoms with Gasteiger partial charge in [0.1, 0.15) is 0 Å². The van der Waals surface area contributed by atoms with E-state index < -0.39 is 10.1 Å². The molecule has 0 fully saturated rings. The third-order valence-corrected chi connectivity index (χ3v) is 7.07. The second kappa shape index (κ2) is 16.9. The van der Waals surface area contributed by atoms with Gasteiger partial charge in [0.15, 0.2) is 0 Å². The van der Waals surface area contributed by atoms with Crippen molar-refractivity contribution in [1.82, 2.24) is 0 Å². The van der Waals surface area contributed by atoms with Gasteiger partial charge >= 0.3 is 0 Å². The molecule has 168 valence electrons. The van der Waals surface area contributed by atoms with Gasteiger partial charge < -0.3 is 0 Å². The molecule has 1 rings (SSSR count). The standard InChI is InChI=1S/C25H44O3S/c1-3-4-5-6-7-8-9-10-11-12-13-14-15-16-17-20-23-28-29(26,27)25-22-19-18-21-24(25)2/h18-19,21-22H,3-17,20,23H2,1-2H3. The Morgan fingerprint density at radius 1 is 0.655 bits per heavy atom. The highest BCUT2D eigenvalue weighted by atomic mass is 32.2. The van der Waals surface area contributed by atoms with E-state index in [4.69, 9.17) is 4.18 Å². The fourth-order valence-corrected chi connectivity index (χ4v) is 4.89. The lowest BCUT2D eigenvalue weighted by Crippen LogP contribution is -2.09. The fourth-order valence-electron chi connectivity index (χ4n) is 3.72. The molecule has 0 unspecified atom stereocenters. The van der Waals surface area contributed by atoms with Gasteiger partial charge in [-0.25, -0.2) is 0 Å². The molecule has 3 nitrogen and oxygen atoms in total. The molecule has 0 aromatic heterocycles. The average molecular weight is 425 g/mol. The third-order valence-electron chi connectivity index (χ3n) is 5.60. The lowest BCUT2D eigenvalue weighted by Gasteiger charge is -2.08. The minimum absolute atomic E-state index is 0.287. The molecule has 0 saturated carbocycles.